The lowest BCUT2D eigenvalue weighted by molar-refractivity contribution is -0.141. The first-order valence-electron chi connectivity index (χ1n) is 14.4. The molecule has 238 valence electrons. The Labute approximate surface area is 277 Å². The number of benzene rings is 4. The van der Waals surface area contributed by atoms with E-state index in [-0.39, 0.29) is 50.8 Å². The number of carbonyl (C=O) groups excluding carboxylic acids is 2. The predicted molar refractivity (Wildman–Crippen MR) is 176 cm³/mol. The second kappa shape index (κ2) is 11.9. The van der Waals surface area contributed by atoms with E-state index in [1.165, 1.54) is 49.5 Å². The largest absolute Gasteiger partial charge is 0.497 e. The molecular formula is C34H31Cl2N3O6S. The second-order valence-corrected chi connectivity index (χ2v) is 13.9. The number of rotatable bonds is 7. The van der Waals surface area contributed by atoms with Crippen molar-refractivity contribution in [3.63, 3.8) is 0 Å². The van der Waals surface area contributed by atoms with E-state index in [1.807, 2.05) is 24.3 Å². The van der Waals surface area contributed by atoms with Crippen LogP contribution in [0.5, 0.6) is 11.5 Å². The van der Waals surface area contributed by atoms with Crippen molar-refractivity contribution >= 4 is 50.7 Å². The molecule has 9 nitrogen and oxygen atoms in total. The zero-order valence-electron chi connectivity index (χ0n) is 25.5. The number of halogens is 2. The van der Waals surface area contributed by atoms with Crippen LogP contribution in [-0.4, -0.2) is 64.4 Å². The summed E-state index contributed by atoms with van der Waals surface area (Å²) in [6.07, 6.45) is 0.279. The first kappa shape index (κ1) is 31.9. The zero-order chi connectivity index (χ0) is 33.0. The van der Waals surface area contributed by atoms with Crippen molar-refractivity contribution < 1.29 is 27.5 Å². The van der Waals surface area contributed by atoms with E-state index in [9.17, 15) is 13.2 Å². The topological polar surface area (TPSA) is 96.5 Å². The van der Waals surface area contributed by atoms with Crippen LogP contribution in [0.2, 0.25) is 10.0 Å². The molecule has 0 aromatic heterocycles. The number of nitrogens with zero attached hydrogens (tertiary/aromatic N) is 3. The van der Waals surface area contributed by atoms with Crippen LogP contribution in [0, 0.1) is 0 Å². The van der Waals surface area contributed by atoms with Gasteiger partial charge in [0.05, 0.1) is 25.9 Å². The van der Waals surface area contributed by atoms with Crippen LogP contribution in [0.15, 0.2) is 89.8 Å². The molecule has 12 heteroatoms. The Morgan fingerprint density at radius 1 is 0.891 bits per heavy atom. The first-order chi connectivity index (χ1) is 22.0. The SMILES string of the molecule is COc1ccc(S(=O)(=O)N2C(=O)C(c3ccccc3Cl)(N3Cc4ccccc4C[C@H]3C(=O)N(C)C)c3cc(Cl)ccc32)c(OC)c1. The maximum absolute atomic E-state index is 15.5. The maximum atomic E-state index is 15.5. The smallest absolute Gasteiger partial charge is 0.274 e. The standard InChI is InChI=1S/C34H31Cl2N3O6S/c1-37(2)32(40)29-17-21-9-5-6-10-22(21)20-38(29)34(25-11-7-8-12-27(25)36)26-18-23(35)13-15-28(26)39(33(34)41)46(42,43)31-16-14-24(44-3)19-30(31)45-4/h5-16,18-19,29H,17,20H2,1-4H3/t29-,34?/m0/s1. The van der Waals surface area contributed by atoms with E-state index in [0.717, 1.165) is 15.4 Å². The third-order valence-corrected chi connectivity index (χ3v) is 10.9. The lowest BCUT2D eigenvalue weighted by Crippen LogP contribution is -2.62. The fourth-order valence-corrected chi connectivity index (χ4v) is 8.56. The Kier molecular flexibility index (Phi) is 8.27. The predicted octanol–water partition coefficient (Wildman–Crippen LogP) is 5.50. The van der Waals surface area contributed by atoms with Gasteiger partial charge >= 0.3 is 0 Å². The molecule has 1 unspecified atom stereocenters. The van der Waals surface area contributed by atoms with Crippen LogP contribution in [0.4, 0.5) is 5.69 Å². The molecule has 2 heterocycles. The van der Waals surface area contributed by atoms with Gasteiger partial charge in [0.25, 0.3) is 15.9 Å². The van der Waals surface area contributed by atoms with Gasteiger partial charge in [0.2, 0.25) is 5.91 Å². The molecule has 4 aromatic carbocycles. The van der Waals surface area contributed by atoms with E-state index in [1.54, 1.807) is 49.3 Å². The average molecular weight is 681 g/mol. The Balaban J connectivity index is 1.69. The van der Waals surface area contributed by atoms with Gasteiger partial charge in [-0.2, -0.15) is 0 Å². The first-order valence-corrected chi connectivity index (χ1v) is 16.6. The van der Waals surface area contributed by atoms with E-state index in [4.69, 9.17) is 32.7 Å². The molecule has 46 heavy (non-hydrogen) atoms. The maximum Gasteiger partial charge on any atom is 0.274 e. The van der Waals surface area contributed by atoms with Gasteiger partial charge in [0.15, 0.2) is 5.54 Å². The Morgan fingerprint density at radius 3 is 2.26 bits per heavy atom. The molecule has 0 saturated carbocycles. The van der Waals surface area contributed by atoms with E-state index in [0.29, 0.717) is 11.3 Å². The van der Waals surface area contributed by atoms with Crippen molar-refractivity contribution in [1.82, 2.24) is 9.80 Å². The minimum Gasteiger partial charge on any atom is -0.497 e. The third-order valence-electron chi connectivity index (χ3n) is 8.62. The lowest BCUT2D eigenvalue weighted by atomic mass is 9.78. The molecule has 0 spiro atoms. The molecule has 2 aliphatic rings. The minimum absolute atomic E-state index is 0.00882. The number of ether oxygens (including phenoxy) is 2. The number of amides is 2. The summed E-state index contributed by atoms with van der Waals surface area (Å²) in [5.74, 6) is -0.717. The number of hydrogen-bond acceptors (Lipinski definition) is 7. The van der Waals surface area contributed by atoms with E-state index in [2.05, 4.69) is 0 Å². The van der Waals surface area contributed by atoms with Crippen molar-refractivity contribution in [1.29, 1.82) is 0 Å². The van der Waals surface area contributed by atoms with Crippen LogP contribution < -0.4 is 13.8 Å². The highest BCUT2D eigenvalue weighted by molar-refractivity contribution is 7.93. The molecule has 0 saturated heterocycles. The monoisotopic (exact) mass is 679 g/mol. The number of carbonyl (C=O) groups is 2. The number of likely N-dealkylation sites (N-methyl/N-ethyl adjacent to an activating group) is 1. The van der Waals surface area contributed by atoms with Crippen LogP contribution in [0.25, 0.3) is 0 Å². The van der Waals surface area contributed by atoms with Gasteiger partial charge < -0.3 is 14.4 Å². The molecule has 4 aromatic rings. The Morgan fingerprint density at radius 2 is 1.59 bits per heavy atom. The Bertz CT molecular complexity index is 1990. The van der Waals surface area contributed by atoms with Gasteiger partial charge in [-0.05, 0) is 53.9 Å². The highest BCUT2D eigenvalue weighted by Gasteiger charge is 2.62. The number of hydrogen-bond donors (Lipinski definition) is 0. The molecule has 2 amide bonds. The molecule has 2 aliphatic heterocycles. The van der Waals surface area contributed by atoms with Crippen molar-refractivity contribution in [3.05, 3.63) is 117 Å². The summed E-state index contributed by atoms with van der Waals surface area (Å²) in [6.45, 7) is 0.142. The number of fused-ring (bicyclic) bond motifs is 2. The molecular weight excluding hydrogens is 649 g/mol. The molecule has 0 bridgehead atoms. The van der Waals surface area contributed by atoms with Crippen LogP contribution in [0.1, 0.15) is 22.3 Å². The summed E-state index contributed by atoms with van der Waals surface area (Å²) < 4.78 is 40.9. The summed E-state index contributed by atoms with van der Waals surface area (Å²) >= 11 is 13.5. The second-order valence-electron chi connectivity index (χ2n) is 11.3. The molecule has 0 aliphatic carbocycles. The van der Waals surface area contributed by atoms with Crippen molar-refractivity contribution in [2.75, 3.05) is 32.6 Å². The highest BCUT2D eigenvalue weighted by Crippen LogP contribution is 2.55. The van der Waals surface area contributed by atoms with Crippen molar-refractivity contribution in [3.8, 4) is 11.5 Å². The minimum atomic E-state index is -4.63. The van der Waals surface area contributed by atoms with Gasteiger partial charge in [0, 0.05) is 47.9 Å². The van der Waals surface area contributed by atoms with Crippen molar-refractivity contribution in [2.24, 2.45) is 0 Å². The molecule has 0 fully saturated rings. The zero-order valence-corrected chi connectivity index (χ0v) is 27.9. The van der Waals surface area contributed by atoms with Crippen LogP contribution in [-0.2, 0) is 38.1 Å². The number of methoxy groups -OCH3 is 2. The fourth-order valence-electron chi connectivity index (χ4n) is 6.51. The van der Waals surface area contributed by atoms with Gasteiger partial charge in [-0.15, -0.1) is 0 Å². The third kappa shape index (κ3) is 4.82. The van der Waals surface area contributed by atoms with Crippen LogP contribution in [0.3, 0.4) is 0 Å². The molecule has 0 N–H and O–H groups in total. The van der Waals surface area contributed by atoms with Gasteiger partial charge in [-0.25, -0.2) is 12.7 Å². The fraction of sp³-hybridized carbons (Fsp3) is 0.235. The van der Waals surface area contributed by atoms with E-state index < -0.39 is 27.5 Å². The van der Waals surface area contributed by atoms with Gasteiger partial charge in [0.1, 0.15) is 16.4 Å². The van der Waals surface area contributed by atoms with E-state index >= 15 is 4.79 Å². The summed E-state index contributed by atoms with van der Waals surface area (Å²) in [6, 6.07) is 22.5. The summed E-state index contributed by atoms with van der Waals surface area (Å²) in [7, 11) is 1.46. The number of anilines is 1. The summed E-state index contributed by atoms with van der Waals surface area (Å²) in [5, 5.41) is 0.495. The van der Waals surface area contributed by atoms with Crippen LogP contribution >= 0.6 is 23.2 Å². The summed E-state index contributed by atoms with van der Waals surface area (Å²) in [4.78, 5) is 32.5. The normalized spacial score (nSPS) is 19.4. The average Bonchev–Trinajstić information content (AvgIpc) is 3.31. The Hall–Kier alpha value is -4.09. The number of sulfonamides is 1. The van der Waals surface area contributed by atoms with Gasteiger partial charge in [-0.1, -0.05) is 65.7 Å². The summed E-state index contributed by atoms with van der Waals surface area (Å²) in [5.41, 5.74) is 0.659. The molecule has 0 radical (unpaired) electrons. The lowest BCUT2D eigenvalue weighted by Gasteiger charge is -2.47. The van der Waals surface area contributed by atoms with Crippen molar-refractivity contribution in [2.45, 2.75) is 29.4 Å². The molecule has 6 rings (SSSR count). The van der Waals surface area contributed by atoms with Gasteiger partial charge in [-0.3, -0.25) is 14.5 Å². The highest BCUT2D eigenvalue weighted by atomic mass is 35.5. The quantitative estimate of drug-likeness (QED) is 0.254. The molecule has 2 atom stereocenters.